The van der Waals surface area contributed by atoms with E-state index in [0.29, 0.717) is 29.4 Å². The van der Waals surface area contributed by atoms with Crippen LogP contribution in [0.25, 0.3) is 0 Å². The van der Waals surface area contributed by atoms with Crippen LogP contribution in [0, 0.1) is 11.3 Å². The summed E-state index contributed by atoms with van der Waals surface area (Å²) in [6.45, 7) is 0.870. The van der Waals surface area contributed by atoms with Gasteiger partial charge in [0.1, 0.15) is 6.07 Å². The number of carbonyl (C=O) groups is 1. The third kappa shape index (κ3) is 3.24. The molecule has 102 valence electrons. The van der Waals surface area contributed by atoms with Gasteiger partial charge in [0.15, 0.2) is 5.69 Å². The standard InChI is InChI=1S/C12H10ClN5O2/c13-9-2-1-8(6-14)10(5-9)15-3-4-18-7-11(12(19)20)16-17-18/h1-2,5,7,15H,3-4H2,(H,19,20). The lowest BCUT2D eigenvalue weighted by Crippen LogP contribution is -2.11. The Morgan fingerprint density at radius 3 is 3.00 bits per heavy atom. The lowest BCUT2D eigenvalue weighted by molar-refractivity contribution is 0.0690. The Kier molecular flexibility index (Phi) is 4.17. The number of aromatic nitrogens is 3. The molecule has 2 N–H and O–H groups in total. The highest BCUT2D eigenvalue weighted by Gasteiger charge is 2.08. The molecule has 0 unspecified atom stereocenters. The van der Waals surface area contributed by atoms with Crippen molar-refractivity contribution in [3.63, 3.8) is 0 Å². The minimum Gasteiger partial charge on any atom is -0.476 e. The summed E-state index contributed by atoms with van der Waals surface area (Å²) >= 11 is 5.87. The Hall–Kier alpha value is -2.59. The van der Waals surface area contributed by atoms with Crippen LogP contribution in [0.15, 0.2) is 24.4 Å². The van der Waals surface area contributed by atoms with E-state index in [0.717, 1.165) is 0 Å². The number of hydrogen-bond acceptors (Lipinski definition) is 5. The molecule has 0 spiro atoms. The summed E-state index contributed by atoms with van der Waals surface area (Å²) in [5.74, 6) is -1.12. The van der Waals surface area contributed by atoms with E-state index in [-0.39, 0.29) is 5.69 Å². The molecule has 0 amide bonds. The molecule has 2 aromatic rings. The van der Waals surface area contributed by atoms with Crippen LogP contribution in [0.1, 0.15) is 16.1 Å². The normalized spacial score (nSPS) is 10.0. The maximum atomic E-state index is 10.6. The molecular formula is C12H10ClN5O2. The number of hydrogen-bond donors (Lipinski definition) is 2. The molecule has 0 aliphatic rings. The Labute approximate surface area is 119 Å². The zero-order valence-electron chi connectivity index (χ0n) is 10.2. The Morgan fingerprint density at radius 1 is 1.55 bits per heavy atom. The Bertz CT molecular complexity index is 677. The SMILES string of the molecule is N#Cc1ccc(Cl)cc1NCCn1cc(C(=O)O)nn1. The molecule has 8 heteroatoms. The number of halogens is 1. The van der Waals surface area contributed by atoms with E-state index in [4.69, 9.17) is 22.0 Å². The third-order valence-electron chi connectivity index (χ3n) is 2.52. The minimum absolute atomic E-state index is 0.106. The van der Waals surface area contributed by atoms with Gasteiger partial charge in [-0.3, -0.25) is 0 Å². The van der Waals surface area contributed by atoms with Gasteiger partial charge in [-0.1, -0.05) is 16.8 Å². The van der Waals surface area contributed by atoms with Crippen LogP contribution in [0.5, 0.6) is 0 Å². The molecule has 0 fully saturated rings. The van der Waals surface area contributed by atoms with Gasteiger partial charge in [0.2, 0.25) is 0 Å². The average molecular weight is 292 g/mol. The largest absolute Gasteiger partial charge is 0.476 e. The maximum absolute atomic E-state index is 10.6. The van der Waals surface area contributed by atoms with E-state index < -0.39 is 5.97 Å². The molecule has 0 radical (unpaired) electrons. The van der Waals surface area contributed by atoms with Gasteiger partial charge in [-0.25, -0.2) is 9.48 Å². The van der Waals surface area contributed by atoms with Crippen molar-refractivity contribution < 1.29 is 9.90 Å². The smallest absolute Gasteiger partial charge is 0.358 e. The number of anilines is 1. The molecule has 1 aromatic carbocycles. The number of benzene rings is 1. The molecule has 0 saturated heterocycles. The van der Waals surface area contributed by atoms with Gasteiger partial charge >= 0.3 is 5.97 Å². The van der Waals surface area contributed by atoms with Crippen molar-refractivity contribution in [2.45, 2.75) is 6.54 Å². The average Bonchev–Trinajstić information content (AvgIpc) is 2.88. The van der Waals surface area contributed by atoms with E-state index in [9.17, 15) is 4.79 Å². The third-order valence-corrected chi connectivity index (χ3v) is 2.75. The number of rotatable bonds is 5. The van der Waals surface area contributed by atoms with E-state index in [1.54, 1.807) is 18.2 Å². The Balaban J connectivity index is 1.97. The van der Waals surface area contributed by atoms with Crippen LogP contribution < -0.4 is 5.32 Å². The van der Waals surface area contributed by atoms with Crippen molar-refractivity contribution in [3.8, 4) is 6.07 Å². The summed E-state index contributed by atoms with van der Waals surface area (Å²) in [6, 6.07) is 6.98. The van der Waals surface area contributed by atoms with Gasteiger partial charge in [0.05, 0.1) is 24.0 Å². The molecule has 2 rings (SSSR count). The van der Waals surface area contributed by atoms with E-state index in [1.807, 2.05) is 0 Å². The van der Waals surface area contributed by atoms with Crippen molar-refractivity contribution >= 4 is 23.3 Å². The van der Waals surface area contributed by atoms with Crippen LogP contribution in [0.2, 0.25) is 5.02 Å². The molecule has 0 aliphatic carbocycles. The van der Waals surface area contributed by atoms with Crippen LogP contribution in [-0.2, 0) is 6.54 Å². The van der Waals surface area contributed by atoms with Crippen molar-refractivity contribution in [2.24, 2.45) is 0 Å². The first-order valence-corrected chi connectivity index (χ1v) is 6.05. The van der Waals surface area contributed by atoms with Crippen LogP contribution in [0.3, 0.4) is 0 Å². The number of nitrogens with zero attached hydrogens (tertiary/aromatic N) is 4. The number of carboxylic acid groups (broad SMARTS) is 1. The van der Waals surface area contributed by atoms with Crippen molar-refractivity contribution in [1.29, 1.82) is 5.26 Å². The van der Waals surface area contributed by atoms with Gasteiger partial charge in [-0.2, -0.15) is 5.26 Å². The minimum atomic E-state index is -1.12. The van der Waals surface area contributed by atoms with Gasteiger partial charge in [-0.15, -0.1) is 5.10 Å². The number of carboxylic acids is 1. The first-order valence-electron chi connectivity index (χ1n) is 5.67. The number of aromatic carboxylic acids is 1. The molecule has 1 aromatic heterocycles. The van der Waals surface area contributed by atoms with E-state index in [1.165, 1.54) is 10.9 Å². The van der Waals surface area contributed by atoms with E-state index >= 15 is 0 Å². The van der Waals surface area contributed by atoms with Crippen molar-refractivity contribution in [3.05, 3.63) is 40.7 Å². The first kappa shape index (κ1) is 13.8. The fourth-order valence-electron chi connectivity index (χ4n) is 1.57. The van der Waals surface area contributed by atoms with Crippen LogP contribution in [-0.4, -0.2) is 32.6 Å². The second kappa shape index (κ2) is 6.04. The quantitative estimate of drug-likeness (QED) is 0.867. The summed E-state index contributed by atoms with van der Waals surface area (Å²) in [5.41, 5.74) is 1.00. The second-order valence-corrected chi connectivity index (χ2v) is 4.34. The predicted molar refractivity (Wildman–Crippen MR) is 71.6 cm³/mol. The lowest BCUT2D eigenvalue weighted by atomic mass is 10.2. The van der Waals surface area contributed by atoms with Crippen molar-refractivity contribution in [1.82, 2.24) is 15.0 Å². The zero-order chi connectivity index (χ0) is 14.5. The van der Waals surface area contributed by atoms with Gasteiger partial charge in [0.25, 0.3) is 0 Å². The predicted octanol–water partition coefficient (Wildman–Crippen LogP) is 1.61. The fourth-order valence-corrected chi connectivity index (χ4v) is 1.74. The summed E-state index contributed by atoms with van der Waals surface area (Å²) < 4.78 is 1.41. The fraction of sp³-hybridized carbons (Fsp3) is 0.167. The van der Waals surface area contributed by atoms with Crippen LogP contribution >= 0.6 is 11.6 Å². The highest BCUT2D eigenvalue weighted by molar-refractivity contribution is 6.30. The highest BCUT2D eigenvalue weighted by atomic mass is 35.5. The molecule has 0 aliphatic heterocycles. The number of nitrogens with one attached hydrogen (secondary N) is 1. The molecule has 0 atom stereocenters. The molecular weight excluding hydrogens is 282 g/mol. The second-order valence-electron chi connectivity index (χ2n) is 3.90. The molecule has 0 saturated carbocycles. The monoisotopic (exact) mass is 291 g/mol. The Morgan fingerprint density at radius 2 is 2.35 bits per heavy atom. The van der Waals surface area contributed by atoms with Crippen molar-refractivity contribution in [2.75, 3.05) is 11.9 Å². The zero-order valence-corrected chi connectivity index (χ0v) is 11.0. The summed E-state index contributed by atoms with van der Waals surface area (Å²) in [4.78, 5) is 10.6. The topological polar surface area (TPSA) is 104 Å². The summed E-state index contributed by atoms with van der Waals surface area (Å²) in [6.07, 6.45) is 1.34. The van der Waals surface area contributed by atoms with Gasteiger partial charge in [0, 0.05) is 11.6 Å². The summed E-state index contributed by atoms with van der Waals surface area (Å²) in [7, 11) is 0. The lowest BCUT2D eigenvalue weighted by Gasteiger charge is -2.08. The van der Waals surface area contributed by atoms with Gasteiger partial charge < -0.3 is 10.4 Å². The molecule has 7 nitrogen and oxygen atoms in total. The summed E-state index contributed by atoms with van der Waals surface area (Å²) in [5, 5.41) is 28.4. The van der Waals surface area contributed by atoms with Crippen LogP contribution in [0.4, 0.5) is 5.69 Å². The van der Waals surface area contributed by atoms with E-state index in [2.05, 4.69) is 21.7 Å². The highest BCUT2D eigenvalue weighted by Crippen LogP contribution is 2.20. The molecule has 0 bridgehead atoms. The molecule has 20 heavy (non-hydrogen) atoms. The molecule has 1 heterocycles. The number of nitriles is 1. The maximum Gasteiger partial charge on any atom is 0.358 e. The first-order chi connectivity index (χ1) is 9.60. The van der Waals surface area contributed by atoms with Gasteiger partial charge in [-0.05, 0) is 18.2 Å².